The largest absolute Gasteiger partial charge is 0.316 e. The lowest BCUT2D eigenvalue weighted by Gasteiger charge is -1.98. The van der Waals surface area contributed by atoms with Crippen molar-refractivity contribution in [1.82, 2.24) is 5.32 Å². The lowest BCUT2D eigenvalue weighted by atomic mass is 10.4. The Morgan fingerprint density at radius 2 is 2.57 bits per heavy atom. The maximum atomic E-state index is 3.30. The summed E-state index contributed by atoms with van der Waals surface area (Å²) in [6.07, 6.45) is 3.54. The molecule has 0 amide bonds. The van der Waals surface area contributed by atoms with Gasteiger partial charge in [-0.2, -0.15) is 11.8 Å². The normalized spacial score (nSPS) is 31.3. The molecule has 1 N–H and O–H groups in total. The fraction of sp³-hybridized carbons (Fsp3) is 1.00. The molecular formula is C5H11NS. The van der Waals surface area contributed by atoms with Gasteiger partial charge in [0.05, 0.1) is 0 Å². The first-order chi connectivity index (χ1) is 3.43. The first-order valence-electron chi connectivity index (χ1n) is 2.67. The molecule has 1 atom stereocenters. The monoisotopic (exact) mass is 117 g/mol. The van der Waals surface area contributed by atoms with Crippen LogP contribution in [0.5, 0.6) is 0 Å². The zero-order valence-electron chi connectivity index (χ0n) is 4.61. The number of hydrogen-bond acceptors (Lipinski definition) is 2. The number of hydrogen-bond donors (Lipinski definition) is 1. The van der Waals surface area contributed by atoms with Crippen molar-refractivity contribution < 1.29 is 0 Å². The van der Waals surface area contributed by atoms with Crippen LogP contribution in [0.3, 0.4) is 0 Å². The molecule has 1 saturated heterocycles. The van der Waals surface area contributed by atoms with Crippen LogP contribution < -0.4 is 5.32 Å². The molecule has 0 bridgehead atoms. The minimum atomic E-state index is 0.903. The highest BCUT2D eigenvalue weighted by Gasteiger charge is 2.10. The molecule has 0 spiro atoms. The molecule has 0 aliphatic carbocycles. The lowest BCUT2D eigenvalue weighted by molar-refractivity contribution is 0.858. The topological polar surface area (TPSA) is 12.0 Å². The Labute approximate surface area is 48.9 Å². The van der Waals surface area contributed by atoms with Crippen LogP contribution in [0.15, 0.2) is 0 Å². The van der Waals surface area contributed by atoms with Crippen LogP contribution in [0.2, 0.25) is 0 Å². The third-order valence-electron chi connectivity index (χ3n) is 1.35. The summed E-state index contributed by atoms with van der Waals surface area (Å²) in [5.74, 6) is 0. The van der Waals surface area contributed by atoms with E-state index in [2.05, 4.69) is 11.6 Å². The van der Waals surface area contributed by atoms with Crippen LogP contribution in [0.1, 0.15) is 6.42 Å². The molecule has 0 radical (unpaired) electrons. The smallest absolute Gasteiger partial charge is 0.0181 e. The number of thioether (sulfide) groups is 1. The average Bonchev–Trinajstić information content (AvgIpc) is 2.14. The summed E-state index contributed by atoms with van der Waals surface area (Å²) >= 11 is 1.97. The van der Waals surface area contributed by atoms with Gasteiger partial charge in [-0.1, -0.05) is 0 Å². The minimum Gasteiger partial charge on any atom is -0.316 e. The van der Waals surface area contributed by atoms with Gasteiger partial charge in [-0.3, -0.25) is 0 Å². The maximum absolute atomic E-state index is 3.30. The maximum Gasteiger partial charge on any atom is 0.0181 e. The average molecular weight is 117 g/mol. The van der Waals surface area contributed by atoms with E-state index in [1.165, 1.54) is 19.5 Å². The summed E-state index contributed by atoms with van der Waals surface area (Å²) in [6.45, 7) is 2.45. The van der Waals surface area contributed by atoms with E-state index < -0.39 is 0 Å². The second-order valence-electron chi connectivity index (χ2n) is 1.85. The van der Waals surface area contributed by atoms with E-state index in [4.69, 9.17) is 0 Å². The van der Waals surface area contributed by atoms with Crippen LogP contribution in [0.4, 0.5) is 0 Å². The zero-order chi connectivity index (χ0) is 5.11. The van der Waals surface area contributed by atoms with Gasteiger partial charge in [0.1, 0.15) is 0 Å². The number of nitrogens with one attached hydrogen (secondary N) is 1. The second kappa shape index (κ2) is 2.58. The zero-order valence-corrected chi connectivity index (χ0v) is 5.42. The first-order valence-corrected chi connectivity index (χ1v) is 3.96. The van der Waals surface area contributed by atoms with Gasteiger partial charge in [0.25, 0.3) is 0 Å². The summed E-state index contributed by atoms with van der Waals surface area (Å²) < 4.78 is 0. The molecule has 0 aromatic carbocycles. The Balaban J connectivity index is 2.14. The first kappa shape index (κ1) is 5.45. The van der Waals surface area contributed by atoms with Crippen molar-refractivity contribution in [2.45, 2.75) is 11.7 Å². The van der Waals surface area contributed by atoms with E-state index in [-0.39, 0.29) is 0 Å². The molecule has 0 aromatic heterocycles. The Hall–Kier alpha value is 0.310. The predicted octanol–water partition coefficient (Wildman–Crippen LogP) is 0.711. The molecule has 1 aliphatic heterocycles. The van der Waals surface area contributed by atoms with Gasteiger partial charge < -0.3 is 5.32 Å². The molecule has 0 aromatic rings. The lowest BCUT2D eigenvalue weighted by Crippen LogP contribution is -2.09. The Morgan fingerprint density at radius 3 is 2.86 bits per heavy atom. The third-order valence-corrected chi connectivity index (χ3v) is 2.42. The fourth-order valence-electron chi connectivity index (χ4n) is 0.829. The standard InChI is InChI=1S/C5H11NS/c1-7-5-2-3-6-4-5/h5-6H,2-4H2,1H3/t5-/m0/s1. The van der Waals surface area contributed by atoms with Gasteiger partial charge in [-0.05, 0) is 19.2 Å². The quantitative estimate of drug-likeness (QED) is 0.543. The van der Waals surface area contributed by atoms with Crippen LogP contribution in [-0.4, -0.2) is 24.6 Å². The van der Waals surface area contributed by atoms with E-state index in [1.807, 2.05) is 11.8 Å². The predicted molar refractivity (Wildman–Crippen MR) is 34.8 cm³/mol. The van der Waals surface area contributed by atoms with E-state index in [9.17, 15) is 0 Å². The third kappa shape index (κ3) is 1.35. The molecule has 0 saturated carbocycles. The van der Waals surface area contributed by atoms with Crippen molar-refractivity contribution in [2.24, 2.45) is 0 Å². The van der Waals surface area contributed by atoms with Gasteiger partial charge in [-0.15, -0.1) is 0 Å². The molecule has 1 nitrogen and oxygen atoms in total. The molecule has 7 heavy (non-hydrogen) atoms. The molecule has 0 unspecified atom stereocenters. The minimum absolute atomic E-state index is 0.903. The van der Waals surface area contributed by atoms with Crippen molar-refractivity contribution in [2.75, 3.05) is 19.3 Å². The molecular weight excluding hydrogens is 106 g/mol. The van der Waals surface area contributed by atoms with Gasteiger partial charge in [0, 0.05) is 11.8 Å². The van der Waals surface area contributed by atoms with Crippen LogP contribution >= 0.6 is 11.8 Å². The van der Waals surface area contributed by atoms with Crippen molar-refractivity contribution in [3.05, 3.63) is 0 Å². The van der Waals surface area contributed by atoms with Crippen LogP contribution in [0, 0.1) is 0 Å². The summed E-state index contributed by atoms with van der Waals surface area (Å²) in [4.78, 5) is 0. The van der Waals surface area contributed by atoms with E-state index in [0.29, 0.717) is 0 Å². The van der Waals surface area contributed by atoms with Crippen LogP contribution in [-0.2, 0) is 0 Å². The molecule has 1 aliphatic rings. The van der Waals surface area contributed by atoms with Crippen molar-refractivity contribution in [3.8, 4) is 0 Å². The summed E-state index contributed by atoms with van der Waals surface area (Å²) in [7, 11) is 0. The molecule has 2 heteroatoms. The highest BCUT2D eigenvalue weighted by atomic mass is 32.2. The molecule has 1 fully saturated rings. The summed E-state index contributed by atoms with van der Waals surface area (Å²) in [5, 5.41) is 4.21. The fourth-order valence-corrected chi connectivity index (χ4v) is 1.47. The van der Waals surface area contributed by atoms with Gasteiger partial charge in [-0.25, -0.2) is 0 Å². The van der Waals surface area contributed by atoms with E-state index >= 15 is 0 Å². The van der Waals surface area contributed by atoms with Gasteiger partial charge >= 0.3 is 0 Å². The number of rotatable bonds is 1. The van der Waals surface area contributed by atoms with E-state index in [0.717, 1.165) is 5.25 Å². The molecule has 42 valence electrons. The Morgan fingerprint density at radius 1 is 1.71 bits per heavy atom. The second-order valence-corrected chi connectivity index (χ2v) is 2.99. The van der Waals surface area contributed by atoms with Gasteiger partial charge in [0.2, 0.25) is 0 Å². The summed E-state index contributed by atoms with van der Waals surface area (Å²) in [5.41, 5.74) is 0. The Kier molecular flexibility index (Phi) is 2.00. The van der Waals surface area contributed by atoms with E-state index in [1.54, 1.807) is 0 Å². The van der Waals surface area contributed by atoms with Gasteiger partial charge in [0.15, 0.2) is 0 Å². The van der Waals surface area contributed by atoms with Crippen molar-refractivity contribution in [3.63, 3.8) is 0 Å². The van der Waals surface area contributed by atoms with Crippen LogP contribution in [0.25, 0.3) is 0 Å². The van der Waals surface area contributed by atoms with Crippen molar-refractivity contribution in [1.29, 1.82) is 0 Å². The Bertz CT molecular complexity index is 50.0. The molecule has 1 rings (SSSR count). The van der Waals surface area contributed by atoms with Crippen molar-refractivity contribution >= 4 is 11.8 Å². The summed E-state index contributed by atoms with van der Waals surface area (Å²) in [6, 6.07) is 0. The highest BCUT2D eigenvalue weighted by Crippen LogP contribution is 2.12. The molecule has 1 heterocycles. The highest BCUT2D eigenvalue weighted by molar-refractivity contribution is 7.99. The SMILES string of the molecule is CS[C@H]1CCNC1.